The molecule has 2 heteroatoms. The average Bonchev–Trinajstić information content (AvgIpc) is 2.56. The van der Waals surface area contributed by atoms with Crippen LogP contribution in [0.4, 0.5) is 0 Å². The van der Waals surface area contributed by atoms with Crippen LogP contribution in [0.3, 0.4) is 0 Å². The Hall–Kier alpha value is -2.74. The molecule has 0 aromatic heterocycles. The molecule has 0 saturated heterocycles. The van der Waals surface area contributed by atoms with E-state index in [0.29, 0.717) is 0 Å². The summed E-state index contributed by atoms with van der Waals surface area (Å²) in [6, 6.07) is 23.8. The zero-order chi connectivity index (χ0) is 15.4. The second kappa shape index (κ2) is 6.35. The summed E-state index contributed by atoms with van der Waals surface area (Å²) < 4.78 is 5.28. The van der Waals surface area contributed by atoms with E-state index in [1.54, 1.807) is 13.2 Å². The highest BCUT2D eigenvalue weighted by Gasteiger charge is 2.08. The van der Waals surface area contributed by atoms with E-state index in [0.717, 1.165) is 34.4 Å². The molecule has 0 aliphatic heterocycles. The fourth-order valence-corrected chi connectivity index (χ4v) is 2.63. The van der Waals surface area contributed by atoms with Gasteiger partial charge in [-0.1, -0.05) is 48.5 Å². The van der Waals surface area contributed by atoms with Crippen LogP contribution >= 0.6 is 0 Å². The SMILES string of the molecule is COc1cccc(Cc2cc(O)ccc2-c2ccccc2)c1. The van der Waals surface area contributed by atoms with Gasteiger partial charge in [0, 0.05) is 0 Å². The molecule has 0 atom stereocenters. The zero-order valence-electron chi connectivity index (χ0n) is 12.5. The lowest BCUT2D eigenvalue weighted by molar-refractivity contribution is 0.414. The molecule has 3 aromatic rings. The second-order valence-electron chi connectivity index (χ2n) is 5.24. The molecule has 1 N–H and O–H groups in total. The van der Waals surface area contributed by atoms with E-state index in [2.05, 4.69) is 18.2 Å². The maximum atomic E-state index is 9.84. The highest BCUT2D eigenvalue weighted by Crippen LogP contribution is 2.29. The molecule has 3 aromatic carbocycles. The van der Waals surface area contributed by atoms with Crippen molar-refractivity contribution in [2.45, 2.75) is 6.42 Å². The topological polar surface area (TPSA) is 29.5 Å². The van der Waals surface area contributed by atoms with Gasteiger partial charge < -0.3 is 9.84 Å². The fraction of sp³-hybridized carbons (Fsp3) is 0.100. The first kappa shape index (κ1) is 14.2. The van der Waals surface area contributed by atoms with Crippen LogP contribution in [0.1, 0.15) is 11.1 Å². The van der Waals surface area contributed by atoms with Gasteiger partial charge in [-0.25, -0.2) is 0 Å². The van der Waals surface area contributed by atoms with Gasteiger partial charge in [0.15, 0.2) is 0 Å². The first-order chi connectivity index (χ1) is 10.8. The van der Waals surface area contributed by atoms with Crippen LogP contribution in [0.2, 0.25) is 0 Å². The van der Waals surface area contributed by atoms with Crippen LogP contribution in [-0.2, 0) is 6.42 Å². The number of phenols is 1. The molecule has 0 amide bonds. The lowest BCUT2D eigenvalue weighted by Gasteiger charge is -2.11. The quantitative estimate of drug-likeness (QED) is 0.757. The highest BCUT2D eigenvalue weighted by atomic mass is 16.5. The molecule has 0 unspecified atom stereocenters. The van der Waals surface area contributed by atoms with Crippen molar-refractivity contribution in [1.29, 1.82) is 0 Å². The molecular formula is C20H18O2. The fourth-order valence-electron chi connectivity index (χ4n) is 2.63. The summed E-state index contributed by atoms with van der Waals surface area (Å²) in [6.45, 7) is 0. The molecule has 0 aliphatic carbocycles. The van der Waals surface area contributed by atoms with Crippen LogP contribution in [0, 0.1) is 0 Å². The first-order valence-electron chi connectivity index (χ1n) is 7.26. The van der Waals surface area contributed by atoms with Crippen LogP contribution in [-0.4, -0.2) is 12.2 Å². The van der Waals surface area contributed by atoms with Gasteiger partial charge >= 0.3 is 0 Å². The third-order valence-electron chi connectivity index (χ3n) is 3.70. The highest BCUT2D eigenvalue weighted by molar-refractivity contribution is 5.69. The van der Waals surface area contributed by atoms with Gasteiger partial charge in [0.1, 0.15) is 11.5 Å². The van der Waals surface area contributed by atoms with E-state index < -0.39 is 0 Å². The Morgan fingerprint density at radius 3 is 2.45 bits per heavy atom. The molecule has 0 fully saturated rings. The van der Waals surface area contributed by atoms with Crippen molar-refractivity contribution in [1.82, 2.24) is 0 Å². The molecule has 0 aliphatic rings. The predicted molar refractivity (Wildman–Crippen MR) is 89.3 cm³/mol. The number of hydrogen-bond donors (Lipinski definition) is 1. The molecule has 110 valence electrons. The number of methoxy groups -OCH3 is 1. The summed E-state index contributed by atoms with van der Waals surface area (Å²) in [6.07, 6.45) is 0.746. The van der Waals surface area contributed by atoms with Crippen LogP contribution in [0.15, 0.2) is 72.8 Å². The molecule has 22 heavy (non-hydrogen) atoms. The summed E-state index contributed by atoms with van der Waals surface area (Å²) in [5, 5.41) is 9.84. The second-order valence-corrected chi connectivity index (χ2v) is 5.24. The normalized spacial score (nSPS) is 10.4. The lowest BCUT2D eigenvalue weighted by atomic mass is 9.94. The maximum absolute atomic E-state index is 9.84. The molecule has 0 spiro atoms. The minimum absolute atomic E-state index is 0.289. The van der Waals surface area contributed by atoms with E-state index >= 15 is 0 Å². The summed E-state index contributed by atoms with van der Waals surface area (Å²) in [4.78, 5) is 0. The Labute approximate surface area is 130 Å². The molecule has 0 radical (unpaired) electrons. The third kappa shape index (κ3) is 3.12. The van der Waals surface area contributed by atoms with E-state index in [1.807, 2.05) is 48.5 Å². The number of aromatic hydroxyl groups is 1. The van der Waals surface area contributed by atoms with Gasteiger partial charge in [0.05, 0.1) is 7.11 Å². The van der Waals surface area contributed by atoms with E-state index in [1.165, 1.54) is 0 Å². The summed E-state index contributed by atoms with van der Waals surface area (Å²) in [5.74, 6) is 1.14. The van der Waals surface area contributed by atoms with Crippen molar-refractivity contribution in [2.24, 2.45) is 0 Å². The zero-order valence-corrected chi connectivity index (χ0v) is 12.5. The molecule has 0 heterocycles. The third-order valence-corrected chi connectivity index (χ3v) is 3.70. The van der Waals surface area contributed by atoms with Gasteiger partial charge in [-0.05, 0) is 52.9 Å². The summed E-state index contributed by atoms with van der Waals surface area (Å²) in [7, 11) is 1.67. The van der Waals surface area contributed by atoms with Gasteiger partial charge in [-0.2, -0.15) is 0 Å². The predicted octanol–water partition coefficient (Wildman–Crippen LogP) is 4.66. The van der Waals surface area contributed by atoms with Crippen molar-refractivity contribution in [3.63, 3.8) is 0 Å². The Bertz CT molecular complexity index is 764. The van der Waals surface area contributed by atoms with Crippen molar-refractivity contribution in [2.75, 3.05) is 7.11 Å². The molecule has 0 bridgehead atoms. The molecule has 0 saturated carbocycles. The van der Waals surface area contributed by atoms with Crippen LogP contribution in [0.25, 0.3) is 11.1 Å². The van der Waals surface area contributed by atoms with Crippen molar-refractivity contribution >= 4 is 0 Å². The van der Waals surface area contributed by atoms with Gasteiger partial charge in [-0.15, -0.1) is 0 Å². The monoisotopic (exact) mass is 290 g/mol. The van der Waals surface area contributed by atoms with Crippen molar-refractivity contribution in [3.05, 3.63) is 83.9 Å². The maximum Gasteiger partial charge on any atom is 0.119 e. The minimum atomic E-state index is 0.289. The Balaban J connectivity index is 2.00. The van der Waals surface area contributed by atoms with Gasteiger partial charge in [0.2, 0.25) is 0 Å². The summed E-state index contributed by atoms with van der Waals surface area (Å²) >= 11 is 0. The first-order valence-corrected chi connectivity index (χ1v) is 7.26. The number of rotatable bonds is 4. The lowest BCUT2D eigenvalue weighted by Crippen LogP contribution is -1.93. The average molecular weight is 290 g/mol. The van der Waals surface area contributed by atoms with Crippen LogP contribution < -0.4 is 4.74 Å². The van der Waals surface area contributed by atoms with Crippen molar-refractivity contribution in [3.8, 4) is 22.6 Å². The van der Waals surface area contributed by atoms with E-state index in [9.17, 15) is 5.11 Å². The molecular weight excluding hydrogens is 272 g/mol. The smallest absolute Gasteiger partial charge is 0.119 e. The Morgan fingerprint density at radius 2 is 1.68 bits per heavy atom. The molecule has 3 rings (SSSR count). The number of hydrogen-bond acceptors (Lipinski definition) is 2. The largest absolute Gasteiger partial charge is 0.508 e. The van der Waals surface area contributed by atoms with Crippen LogP contribution in [0.5, 0.6) is 11.5 Å². The Kier molecular flexibility index (Phi) is 4.10. The van der Waals surface area contributed by atoms with Gasteiger partial charge in [0.25, 0.3) is 0 Å². The van der Waals surface area contributed by atoms with E-state index in [-0.39, 0.29) is 5.75 Å². The van der Waals surface area contributed by atoms with Crippen molar-refractivity contribution < 1.29 is 9.84 Å². The number of phenolic OH excluding ortho intramolecular Hbond substituents is 1. The van der Waals surface area contributed by atoms with Gasteiger partial charge in [-0.3, -0.25) is 0 Å². The van der Waals surface area contributed by atoms with E-state index in [4.69, 9.17) is 4.74 Å². The number of ether oxygens (including phenoxy) is 1. The number of benzene rings is 3. The summed E-state index contributed by atoms with van der Waals surface area (Å²) in [5.41, 5.74) is 4.54. The standard InChI is InChI=1S/C20H18O2/c1-22-19-9-5-6-15(13-19)12-17-14-18(21)10-11-20(17)16-7-3-2-4-8-16/h2-11,13-14,21H,12H2,1H3. The molecule has 2 nitrogen and oxygen atoms in total. The minimum Gasteiger partial charge on any atom is -0.508 e. The Morgan fingerprint density at radius 1 is 0.864 bits per heavy atom.